The summed E-state index contributed by atoms with van der Waals surface area (Å²) in [5, 5.41) is 0. The Bertz CT molecular complexity index is 384. The molecule has 0 radical (unpaired) electrons. The van der Waals surface area contributed by atoms with Gasteiger partial charge in [-0.15, -0.1) is 0 Å². The molecule has 2 rings (SSSR count). The molecule has 16 heavy (non-hydrogen) atoms. The summed E-state index contributed by atoms with van der Waals surface area (Å²) in [7, 11) is 0. The highest BCUT2D eigenvalue weighted by Gasteiger charge is 2.26. The van der Waals surface area contributed by atoms with Crippen LogP contribution in [0.25, 0.3) is 0 Å². The second kappa shape index (κ2) is 5.19. The van der Waals surface area contributed by atoms with Crippen molar-refractivity contribution in [2.75, 3.05) is 13.2 Å². The van der Waals surface area contributed by atoms with Crippen LogP contribution in [0.2, 0.25) is 0 Å². The topological polar surface area (TPSA) is 9.23 Å². The maximum atomic E-state index is 5.45. The Morgan fingerprint density at radius 3 is 2.69 bits per heavy atom. The van der Waals surface area contributed by atoms with Crippen LogP contribution in [0.15, 0.2) is 16.6 Å². The van der Waals surface area contributed by atoms with Crippen LogP contribution in [0.3, 0.4) is 0 Å². The van der Waals surface area contributed by atoms with Crippen LogP contribution < -0.4 is 0 Å². The van der Waals surface area contributed by atoms with Gasteiger partial charge in [0.15, 0.2) is 0 Å². The van der Waals surface area contributed by atoms with Crippen LogP contribution in [0.5, 0.6) is 0 Å². The van der Waals surface area contributed by atoms with E-state index in [9.17, 15) is 0 Å². The summed E-state index contributed by atoms with van der Waals surface area (Å²) in [5.74, 6) is 0.610. The molecule has 88 valence electrons. The zero-order chi connectivity index (χ0) is 11.7. The van der Waals surface area contributed by atoms with Gasteiger partial charge in [0.25, 0.3) is 0 Å². The number of benzene rings is 1. The summed E-state index contributed by atoms with van der Waals surface area (Å²) in [5.41, 5.74) is 4.03. The van der Waals surface area contributed by atoms with E-state index in [-0.39, 0.29) is 0 Å². The van der Waals surface area contributed by atoms with Crippen LogP contribution in [0.1, 0.15) is 27.9 Å². The Labute approximate surface area is 114 Å². The molecule has 1 aliphatic rings. The van der Waals surface area contributed by atoms with Crippen molar-refractivity contribution in [2.24, 2.45) is 5.92 Å². The van der Waals surface area contributed by atoms with E-state index in [0.29, 0.717) is 10.7 Å². The fourth-order valence-corrected chi connectivity index (χ4v) is 3.51. The summed E-state index contributed by atoms with van der Waals surface area (Å²) in [4.78, 5) is 0.418. The van der Waals surface area contributed by atoms with E-state index in [4.69, 9.17) is 4.74 Å². The van der Waals surface area contributed by atoms with Crippen molar-refractivity contribution in [1.29, 1.82) is 0 Å². The largest absolute Gasteiger partial charge is 0.381 e. The van der Waals surface area contributed by atoms with Crippen LogP contribution in [0.4, 0.5) is 0 Å². The van der Waals surface area contributed by atoms with Crippen LogP contribution >= 0.6 is 31.9 Å². The van der Waals surface area contributed by atoms with E-state index in [2.05, 4.69) is 57.8 Å². The van der Waals surface area contributed by atoms with E-state index >= 15 is 0 Å². The van der Waals surface area contributed by atoms with Crippen molar-refractivity contribution in [3.63, 3.8) is 0 Å². The van der Waals surface area contributed by atoms with Crippen molar-refractivity contribution in [3.05, 3.63) is 33.3 Å². The molecule has 0 aliphatic carbocycles. The molecule has 0 bridgehead atoms. The maximum Gasteiger partial charge on any atom is 0.0509 e. The Morgan fingerprint density at radius 2 is 2.06 bits per heavy atom. The summed E-state index contributed by atoms with van der Waals surface area (Å²) in [6.45, 7) is 6.09. The van der Waals surface area contributed by atoms with Gasteiger partial charge in [-0.3, -0.25) is 0 Å². The standard InChI is InChI=1S/C13H16Br2O/c1-8-6-12(14)9(2)5-11(8)13(15)10-3-4-16-7-10/h5-6,10,13H,3-4,7H2,1-2H3. The van der Waals surface area contributed by atoms with Gasteiger partial charge in [0.2, 0.25) is 0 Å². The van der Waals surface area contributed by atoms with Gasteiger partial charge in [0.1, 0.15) is 0 Å². The molecular formula is C13H16Br2O. The average Bonchev–Trinajstić information content (AvgIpc) is 2.75. The van der Waals surface area contributed by atoms with Gasteiger partial charge in [-0.25, -0.2) is 0 Å². The molecule has 2 atom stereocenters. The minimum Gasteiger partial charge on any atom is -0.381 e. The average molecular weight is 348 g/mol. The first-order valence-electron chi connectivity index (χ1n) is 5.58. The van der Waals surface area contributed by atoms with Gasteiger partial charge in [-0.2, -0.15) is 0 Å². The Balaban J connectivity index is 2.28. The molecule has 1 aromatic carbocycles. The van der Waals surface area contributed by atoms with Crippen LogP contribution in [-0.4, -0.2) is 13.2 Å². The van der Waals surface area contributed by atoms with Gasteiger partial charge < -0.3 is 4.74 Å². The summed E-state index contributed by atoms with van der Waals surface area (Å²) < 4.78 is 6.65. The molecule has 3 heteroatoms. The summed E-state index contributed by atoms with van der Waals surface area (Å²) in [6.07, 6.45) is 1.16. The molecule has 1 aliphatic heterocycles. The second-order valence-electron chi connectivity index (χ2n) is 4.48. The Morgan fingerprint density at radius 1 is 1.31 bits per heavy atom. The molecule has 1 aromatic rings. The maximum absolute atomic E-state index is 5.45. The smallest absolute Gasteiger partial charge is 0.0509 e. The Kier molecular flexibility index (Phi) is 4.09. The normalized spacial score (nSPS) is 22.4. The summed E-state index contributed by atoms with van der Waals surface area (Å²) >= 11 is 7.40. The number of hydrogen-bond acceptors (Lipinski definition) is 1. The monoisotopic (exact) mass is 346 g/mol. The quantitative estimate of drug-likeness (QED) is 0.714. The predicted molar refractivity (Wildman–Crippen MR) is 74.2 cm³/mol. The first-order valence-corrected chi connectivity index (χ1v) is 7.29. The Hall–Kier alpha value is 0.140. The molecule has 1 fully saturated rings. The second-order valence-corrected chi connectivity index (χ2v) is 6.32. The molecular weight excluding hydrogens is 332 g/mol. The molecule has 1 heterocycles. The lowest BCUT2D eigenvalue weighted by Crippen LogP contribution is -2.09. The minimum atomic E-state index is 0.418. The van der Waals surface area contributed by atoms with Crippen molar-refractivity contribution >= 4 is 31.9 Å². The molecule has 0 spiro atoms. The van der Waals surface area contributed by atoms with E-state index in [1.165, 1.54) is 21.2 Å². The third-order valence-corrected chi connectivity index (χ3v) is 5.32. The van der Waals surface area contributed by atoms with Gasteiger partial charge in [0.05, 0.1) is 6.61 Å². The van der Waals surface area contributed by atoms with Gasteiger partial charge >= 0.3 is 0 Å². The number of aryl methyl sites for hydroxylation is 2. The number of hydrogen-bond donors (Lipinski definition) is 0. The third-order valence-electron chi connectivity index (χ3n) is 3.22. The number of alkyl halides is 1. The van der Waals surface area contributed by atoms with E-state index in [1.54, 1.807) is 0 Å². The molecule has 0 N–H and O–H groups in total. The summed E-state index contributed by atoms with van der Waals surface area (Å²) in [6, 6.07) is 4.48. The lowest BCUT2D eigenvalue weighted by Gasteiger charge is -2.19. The zero-order valence-electron chi connectivity index (χ0n) is 9.59. The van der Waals surface area contributed by atoms with E-state index in [0.717, 1.165) is 19.6 Å². The SMILES string of the molecule is Cc1cc(C(Br)C2CCOC2)c(C)cc1Br. The highest BCUT2D eigenvalue weighted by molar-refractivity contribution is 9.10. The minimum absolute atomic E-state index is 0.418. The van der Waals surface area contributed by atoms with E-state index < -0.39 is 0 Å². The molecule has 0 saturated carbocycles. The number of ether oxygens (including phenoxy) is 1. The molecule has 1 saturated heterocycles. The number of rotatable bonds is 2. The van der Waals surface area contributed by atoms with Crippen LogP contribution in [-0.2, 0) is 4.74 Å². The van der Waals surface area contributed by atoms with Crippen molar-refractivity contribution in [1.82, 2.24) is 0 Å². The van der Waals surface area contributed by atoms with Crippen molar-refractivity contribution in [3.8, 4) is 0 Å². The number of halogens is 2. The van der Waals surface area contributed by atoms with Gasteiger partial charge in [-0.1, -0.05) is 37.9 Å². The lowest BCUT2D eigenvalue weighted by atomic mass is 9.94. The predicted octanol–water partition coefficient (Wildman–Crippen LogP) is 4.54. The molecule has 1 nitrogen and oxygen atoms in total. The molecule has 2 unspecified atom stereocenters. The highest BCUT2D eigenvalue weighted by atomic mass is 79.9. The van der Waals surface area contributed by atoms with Crippen molar-refractivity contribution in [2.45, 2.75) is 25.1 Å². The van der Waals surface area contributed by atoms with Crippen molar-refractivity contribution < 1.29 is 4.74 Å². The lowest BCUT2D eigenvalue weighted by molar-refractivity contribution is 0.185. The molecule has 0 amide bonds. The zero-order valence-corrected chi connectivity index (χ0v) is 12.8. The third kappa shape index (κ3) is 2.52. The van der Waals surface area contributed by atoms with Gasteiger partial charge in [0, 0.05) is 21.8 Å². The van der Waals surface area contributed by atoms with Gasteiger partial charge in [-0.05, 0) is 43.0 Å². The fourth-order valence-electron chi connectivity index (χ4n) is 2.14. The molecule has 0 aromatic heterocycles. The fraction of sp³-hybridized carbons (Fsp3) is 0.538. The first-order chi connectivity index (χ1) is 7.59. The van der Waals surface area contributed by atoms with Crippen LogP contribution in [0, 0.1) is 19.8 Å². The first kappa shape index (κ1) is 12.6. The van der Waals surface area contributed by atoms with E-state index in [1.807, 2.05) is 0 Å². The highest BCUT2D eigenvalue weighted by Crippen LogP contribution is 2.38.